The lowest BCUT2D eigenvalue weighted by molar-refractivity contribution is 0.229. The average Bonchev–Trinajstić information content (AvgIpc) is 2.86. The lowest BCUT2D eigenvalue weighted by atomic mass is 10.1. The van der Waals surface area contributed by atoms with Gasteiger partial charge < -0.3 is 15.4 Å². The molecule has 0 aliphatic heterocycles. The highest BCUT2D eigenvalue weighted by Gasteiger charge is 2.14. The molecule has 1 aromatic heterocycles. The highest BCUT2D eigenvalue weighted by Crippen LogP contribution is 2.15. The van der Waals surface area contributed by atoms with Crippen LogP contribution in [0.4, 0.5) is 4.39 Å². The van der Waals surface area contributed by atoms with Crippen molar-refractivity contribution >= 4 is 29.9 Å². The highest BCUT2D eigenvalue weighted by atomic mass is 127. The summed E-state index contributed by atoms with van der Waals surface area (Å²) in [7, 11) is 1.97. The molecule has 1 aromatic carbocycles. The second-order valence-electron chi connectivity index (χ2n) is 7.13. The van der Waals surface area contributed by atoms with Gasteiger partial charge in [0.15, 0.2) is 5.96 Å². The number of aromatic nitrogens is 2. The standard InChI is InChI=1S/C21H32FN5O.HI/c1-7-23-21(24-13-15(3)28-19-10-8-9-18(22)12-19)25-14(2)11-20-16(4)26-27(6)17(20)5;/h8-10,12,14-15H,7,11,13H2,1-6H3,(H2,23,24,25);1H. The number of nitrogens with zero attached hydrogens (tertiary/aromatic N) is 3. The maximum atomic E-state index is 13.3. The number of halogens is 2. The van der Waals surface area contributed by atoms with Crippen molar-refractivity contribution < 1.29 is 9.13 Å². The first kappa shape index (κ1) is 25.2. The fraction of sp³-hybridized carbons (Fsp3) is 0.524. The molecule has 2 unspecified atom stereocenters. The molecule has 29 heavy (non-hydrogen) atoms. The normalized spacial score (nSPS) is 13.4. The number of rotatable bonds is 8. The lowest BCUT2D eigenvalue weighted by Crippen LogP contribution is -2.43. The van der Waals surface area contributed by atoms with Gasteiger partial charge in [-0.25, -0.2) is 9.38 Å². The van der Waals surface area contributed by atoms with E-state index in [0.717, 1.165) is 24.6 Å². The maximum Gasteiger partial charge on any atom is 0.191 e. The Hall–Kier alpha value is -1.84. The highest BCUT2D eigenvalue weighted by molar-refractivity contribution is 14.0. The molecular formula is C21H33FIN5O. The molecule has 0 aliphatic rings. The first-order valence-corrected chi connectivity index (χ1v) is 9.76. The number of aryl methyl sites for hydroxylation is 2. The molecular weight excluding hydrogens is 484 g/mol. The summed E-state index contributed by atoms with van der Waals surface area (Å²) in [5.74, 6) is 0.943. The van der Waals surface area contributed by atoms with E-state index >= 15 is 0 Å². The van der Waals surface area contributed by atoms with Crippen LogP contribution in [0.25, 0.3) is 0 Å². The third-order valence-corrected chi connectivity index (χ3v) is 4.54. The summed E-state index contributed by atoms with van der Waals surface area (Å²) >= 11 is 0. The molecule has 2 atom stereocenters. The SMILES string of the molecule is CCNC(=NCC(C)Oc1cccc(F)c1)NC(C)Cc1c(C)nn(C)c1C.I. The molecule has 0 fully saturated rings. The van der Waals surface area contributed by atoms with Gasteiger partial charge >= 0.3 is 0 Å². The van der Waals surface area contributed by atoms with Crippen molar-refractivity contribution in [1.82, 2.24) is 20.4 Å². The van der Waals surface area contributed by atoms with Crippen molar-refractivity contribution in [3.63, 3.8) is 0 Å². The van der Waals surface area contributed by atoms with E-state index in [1.165, 1.54) is 23.4 Å². The summed E-state index contributed by atoms with van der Waals surface area (Å²) < 4.78 is 20.9. The molecule has 2 N–H and O–H groups in total. The molecule has 0 amide bonds. The first-order valence-electron chi connectivity index (χ1n) is 9.76. The predicted molar refractivity (Wildman–Crippen MR) is 127 cm³/mol. The van der Waals surface area contributed by atoms with Crippen LogP contribution >= 0.6 is 24.0 Å². The van der Waals surface area contributed by atoms with Gasteiger partial charge in [-0.2, -0.15) is 5.10 Å². The van der Waals surface area contributed by atoms with E-state index in [-0.39, 0.29) is 41.9 Å². The summed E-state index contributed by atoms with van der Waals surface area (Å²) in [5, 5.41) is 11.2. The minimum absolute atomic E-state index is 0. The minimum atomic E-state index is -0.307. The van der Waals surface area contributed by atoms with Crippen molar-refractivity contribution in [3.8, 4) is 5.75 Å². The Bertz CT molecular complexity index is 808. The van der Waals surface area contributed by atoms with Gasteiger partial charge in [-0.3, -0.25) is 4.68 Å². The van der Waals surface area contributed by atoms with Crippen LogP contribution in [0.1, 0.15) is 37.7 Å². The van der Waals surface area contributed by atoms with Crippen molar-refractivity contribution in [1.29, 1.82) is 0 Å². The van der Waals surface area contributed by atoms with Crippen LogP contribution in [-0.2, 0) is 13.5 Å². The monoisotopic (exact) mass is 517 g/mol. The molecule has 0 radical (unpaired) electrons. The van der Waals surface area contributed by atoms with E-state index < -0.39 is 0 Å². The Morgan fingerprint density at radius 3 is 2.62 bits per heavy atom. The van der Waals surface area contributed by atoms with Gasteiger partial charge in [0.2, 0.25) is 0 Å². The molecule has 6 nitrogen and oxygen atoms in total. The quantitative estimate of drug-likeness (QED) is 0.318. The van der Waals surface area contributed by atoms with Crippen LogP contribution in [0.2, 0.25) is 0 Å². The van der Waals surface area contributed by atoms with Gasteiger partial charge in [-0.15, -0.1) is 24.0 Å². The molecule has 1 heterocycles. The van der Waals surface area contributed by atoms with E-state index in [1.807, 2.05) is 32.5 Å². The molecule has 0 spiro atoms. The predicted octanol–water partition coefficient (Wildman–Crippen LogP) is 3.75. The molecule has 2 rings (SSSR count). The Morgan fingerprint density at radius 2 is 2.03 bits per heavy atom. The zero-order valence-corrected chi connectivity index (χ0v) is 20.5. The van der Waals surface area contributed by atoms with E-state index in [2.05, 4.69) is 34.6 Å². The van der Waals surface area contributed by atoms with Crippen LogP contribution in [0.3, 0.4) is 0 Å². The van der Waals surface area contributed by atoms with Crippen LogP contribution in [0.5, 0.6) is 5.75 Å². The summed E-state index contributed by atoms with van der Waals surface area (Å²) in [6.07, 6.45) is 0.695. The molecule has 0 aliphatic carbocycles. The summed E-state index contributed by atoms with van der Waals surface area (Å²) in [6.45, 7) is 11.4. The molecule has 162 valence electrons. The Morgan fingerprint density at radius 1 is 1.31 bits per heavy atom. The van der Waals surface area contributed by atoms with Crippen molar-refractivity contribution in [2.75, 3.05) is 13.1 Å². The average molecular weight is 517 g/mol. The molecule has 0 saturated heterocycles. The summed E-state index contributed by atoms with van der Waals surface area (Å²) in [6, 6.07) is 6.35. The van der Waals surface area contributed by atoms with Gasteiger partial charge in [-0.1, -0.05) is 6.07 Å². The van der Waals surface area contributed by atoms with Gasteiger partial charge in [-0.05, 0) is 58.7 Å². The van der Waals surface area contributed by atoms with Crippen LogP contribution in [-0.4, -0.2) is 41.0 Å². The van der Waals surface area contributed by atoms with Crippen LogP contribution in [0, 0.1) is 19.7 Å². The Kier molecular flexibility index (Phi) is 10.4. The molecule has 2 aromatic rings. The number of hydrogen-bond donors (Lipinski definition) is 2. The third-order valence-electron chi connectivity index (χ3n) is 4.54. The smallest absolute Gasteiger partial charge is 0.191 e. The number of hydrogen-bond acceptors (Lipinski definition) is 3. The Labute approximate surface area is 190 Å². The van der Waals surface area contributed by atoms with E-state index in [1.54, 1.807) is 12.1 Å². The van der Waals surface area contributed by atoms with Crippen molar-refractivity contribution in [3.05, 3.63) is 47.0 Å². The topological polar surface area (TPSA) is 63.5 Å². The zero-order valence-electron chi connectivity index (χ0n) is 18.1. The van der Waals surface area contributed by atoms with Crippen LogP contribution in [0.15, 0.2) is 29.3 Å². The Balaban J connectivity index is 0.00000420. The number of nitrogens with one attached hydrogen (secondary N) is 2. The number of guanidine groups is 1. The summed E-state index contributed by atoms with van der Waals surface area (Å²) in [5.41, 5.74) is 3.51. The van der Waals surface area contributed by atoms with Crippen molar-refractivity contribution in [2.45, 2.75) is 53.2 Å². The number of benzene rings is 1. The fourth-order valence-electron chi connectivity index (χ4n) is 3.05. The van der Waals surface area contributed by atoms with E-state index in [0.29, 0.717) is 12.3 Å². The molecule has 0 saturated carbocycles. The van der Waals surface area contributed by atoms with Gasteiger partial charge in [0.1, 0.15) is 17.7 Å². The number of aliphatic imine (C=N–C) groups is 1. The fourth-order valence-corrected chi connectivity index (χ4v) is 3.05. The number of ether oxygens (including phenoxy) is 1. The molecule has 8 heteroatoms. The van der Waals surface area contributed by atoms with E-state index in [4.69, 9.17) is 4.74 Å². The molecule has 0 bridgehead atoms. The largest absolute Gasteiger partial charge is 0.489 e. The minimum Gasteiger partial charge on any atom is -0.489 e. The maximum absolute atomic E-state index is 13.3. The second kappa shape index (κ2) is 12.0. The lowest BCUT2D eigenvalue weighted by Gasteiger charge is -2.19. The zero-order chi connectivity index (χ0) is 20.7. The van der Waals surface area contributed by atoms with Gasteiger partial charge in [0.05, 0.1) is 12.2 Å². The second-order valence-corrected chi connectivity index (χ2v) is 7.13. The van der Waals surface area contributed by atoms with E-state index in [9.17, 15) is 4.39 Å². The van der Waals surface area contributed by atoms with Crippen molar-refractivity contribution in [2.24, 2.45) is 12.0 Å². The summed E-state index contributed by atoms with van der Waals surface area (Å²) in [4.78, 5) is 4.62. The first-order chi connectivity index (χ1) is 13.3. The van der Waals surface area contributed by atoms with Crippen LogP contribution < -0.4 is 15.4 Å². The van der Waals surface area contributed by atoms with Gasteiger partial charge in [0.25, 0.3) is 0 Å². The third kappa shape index (κ3) is 7.83. The van der Waals surface area contributed by atoms with Gasteiger partial charge in [0, 0.05) is 31.4 Å².